The van der Waals surface area contributed by atoms with Crippen molar-refractivity contribution in [3.63, 3.8) is 0 Å². The highest BCUT2D eigenvalue weighted by Gasteiger charge is 2.26. The Morgan fingerprint density at radius 2 is 0.547 bits per heavy atom. The molecule has 0 heterocycles. The molecule has 0 radical (unpaired) electrons. The molecule has 0 aliphatic carbocycles. The topological polar surface area (TPSA) is 134 Å². The Morgan fingerprint density at radius 1 is 0.316 bits per heavy atom. The van der Waals surface area contributed by atoms with Crippen molar-refractivity contribution in [3.8, 4) is 0 Å². The zero-order valence-electron chi connectivity index (χ0n) is 59.0. The molecule has 0 aromatic heterocycles. The summed E-state index contributed by atoms with van der Waals surface area (Å²) in [6, 6.07) is 0. The minimum atomic E-state index is -4.43. The maximum absolute atomic E-state index is 12.8. The fourth-order valence-electron chi connectivity index (χ4n) is 8.67. The van der Waals surface area contributed by atoms with E-state index >= 15 is 0 Å². The largest absolute Gasteiger partial charge is 0.472 e. The predicted molar refractivity (Wildman–Crippen MR) is 412 cm³/mol. The van der Waals surface area contributed by atoms with Crippen LogP contribution in [0.25, 0.3) is 0 Å². The van der Waals surface area contributed by atoms with Crippen LogP contribution in [-0.4, -0.2) is 49.3 Å². The second-order valence-corrected chi connectivity index (χ2v) is 24.1. The van der Waals surface area contributed by atoms with Gasteiger partial charge in [-0.15, -0.1) is 0 Å². The van der Waals surface area contributed by atoms with Crippen molar-refractivity contribution < 1.29 is 37.6 Å². The Balaban J connectivity index is 4.11. The maximum Gasteiger partial charge on any atom is 0.472 e. The molecular formula is C85H128NO8P. The van der Waals surface area contributed by atoms with E-state index in [9.17, 15) is 19.0 Å². The zero-order valence-corrected chi connectivity index (χ0v) is 59.9. The van der Waals surface area contributed by atoms with Gasteiger partial charge in [0, 0.05) is 19.4 Å². The summed E-state index contributed by atoms with van der Waals surface area (Å²) in [5.41, 5.74) is 5.40. The summed E-state index contributed by atoms with van der Waals surface area (Å²) in [5, 5.41) is 0. The second-order valence-electron chi connectivity index (χ2n) is 22.6. The van der Waals surface area contributed by atoms with Crippen LogP contribution in [0.3, 0.4) is 0 Å². The molecule has 0 fully saturated rings. The lowest BCUT2D eigenvalue weighted by molar-refractivity contribution is -0.161. The summed E-state index contributed by atoms with van der Waals surface area (Å²) in [6.07, 6.45) is 123. The fraction of sp³-hybridized carbons (Fsp3) is 0.482. The summed E-state index contributed by atoms with van der Waals surface area (Å²) in [4.78, 5) is 35.4. The van der Waals surface area contributed by atoms with Crippen LogP contribution in [0.2, 0.25) is 0 Å². The molecule has 0 saturated heterocycles. The highest BCUT2D eigenvalue weighted by Crippen LogP contribution is 2.43. The quantitative estimate of drug-likeness (QED) is 0.0264. The summed E-state index contributed by atoms with van der Waals surface area (Å²) in [6.45, 7) is 3.42. The minimum Gasteiger partial charge on any atom is -0.462 e. The van der Waals surface area contributed by atoms with Gasteiger partial charge in [0.1, 0.15) is 6.61 Å². The van der Waals surface area contributed by atoms with Crippen molar-refractivity contribution in [2.24, 2.45) is 5.73 Å². The van der Waals surface area contributed by atoms with Crippen LogP contribution in [-0.2, 0) is 32.7 Å². The highest BCUT2D eigenvalue weighted by molar-refractivity contribution is 7.47. The molecule has 0 amide bonds. The van der Waals surface area contributed by atoms with Crippen molar-refractivity contribution in [1.82, 2.24) is 0 Å². The fourth-order valence-corrected chi connectivity index (χ4v) is 9.43. The number of esters is 2. The molecule has 0 aromatic rings. The van der Waals surface area contributed by atoms with Gasteiger partial charge in [0.2, 0.25) is 0 Å². The van der Waals surface area contributed by atoms with Gasteiger partial charge in [-0.1, -0.05) is 301 Å². The van der Waals surface area contributed by atoms with Crippen LogP contribution < -0.4 is 5.73 Å². The van der Waals surface area contributed by atoms with Gasteiger partial charge in [-0.2, -0.15) is 0 Å². The van der Waals surface area contributed by atoms with E-state index in [0.717, 1.165) is 193 Å². The number of phosphoric acid groups is 1. The van der Waals surface area contributed by atoms with Gasteiger partial charge in [0.25, 0.3) is 0 Å². The summed E-state index contributed by atoms with van der Waals surface area (Å²) < 4.78 is 33.1. The van der Waals surface area contributed by atoms with Gasteiger partial charge in [-0.25, -0.2) is 4.57 Å². The SMILES string of the molecule is CC/C=C\C/C=C\C/C=C\C/C=C\C/C=C\C/C=C\C/C=C\C/C=C\C/C=C\C/C=C\C/C=C\CCCCCCCC(=O)OC(COC(=O)CCCCCC/C=C\C/C=C\C/C=C\C/C=C\C/C=C\C/C=C\C/C=C\C/C=C\C/C=C\C/C=C\CC)COP(=O)(O)OCCN. The van der Waals surface area contributed by atoms with E-state index in [-0.39, 0.29) is 32.6 Å². The van der Waals surface area contributed by atoms with Crippen molar-refractivity contribution in [2.45, 2.75) is 238 Å². The smallest absolute Gasteiger partial charge is 0.462 e. The van der Waals surface area contributed by atoms with Gasteiger partial charge < -0.3 is 20.1 Å². The lowest BCUT2D eigenvalue weighted by Gasteiger charge is -2.19. The Labute approximate surface area is 579 Å². The molecule has 0 rings (SSSR count). The second kappa shape index (κ2) is 76.6. The van der Waals surface area contributed by atoms with Gasteiger partial charge >= 0.3 is 19.8 Å². The van der Waals surface area contributed by atoms with Crippen LogP contribution in [0.4, 0.5) is 0 Å². The molecule has 526 valence electrons. The predicted octanol–water partition coefficient (Wildman–Crippen LogP) is 24.5. The van der Waals surface area contributed by atoms with Crippen LogP contribution in [0.1, 0.15) is 232 Å². The monoisotopic (exact) mass is 1320 g/mol. The maximum atomic E-state index is 12.8. The van der Waals surface area contributed by atoms with E-state index in [1.54, 1.807) is 0 Å². The average Bonchev–Trinajstić information content (AvgIpc) is 3.16. The Morgan fingerprint density at radius 3 is 0.811 bits per heavy atom. The van der Waals surface area contributed by atoms with Crippen LogP contribution in [0.5, 0.6) is 0 Å². The van der Waals surface area contributed by atoms with E-state index in [0.29, 0.717) is 12.8 Å². The number of carbonyl (C=O) groups excluding carboxylic acids is 2. The normalized spacial score (nSPS) is 14.4. The van der Waals surface area contributed by atoms with E-state index in [1.165, 1.54) is 0 Å². The van der Waals surface area contributed by atoms with Gasteiger partial charge in [0.05, 0.1) is 13.2 Å². The van der Waals surface area contributed by atoms with Crippen molar-refractivity contribution in [3.05, 3.63) is 255 Å². The Kier molecular flexibility index (Phi) is 71.4. The number of phosphoric ester groups is 1. The van der Waals surface area contributed by atoms with Crippen LogP contribution >= 0.6 is 7.82 Å². The summed E-state index contributed by atoms with van der Waals surface area (Å²) in [7, 11) is -4.43. The summed E-state index contributed by atoms with van der Waals surface area (Å²) >= 11 is 0. The third-order valence-corrected chi connectivity index (χ3v) is 14.9. The first-order valence-electron chi connectivity index (χ1n) is 36.2. The molecule has 2 unspecified atom stereocenters. The molecular weight excluding hydrogens is 1190 g/mol. The molecule has 95 heavy (non-hydrogen) atoms. The van der Waals surface area contributed by atoms with E-state index in [4.69, 9.17) is 24.3 Å². The van der Waals surface area contributed by atoms with Gasteiger partial charge in [-0.05, 0) is 173 Å². The van der Waals surface area contributed by atoms with Crippen LogP contribution in [0.15, 0.2) is 255 Å². The highest BCUT2D eigenvalue weighted by atomic mass is 31.2. The number of nitrogens with two attached hydrogens (primary N) is 1. The number of allylic oxidation sites excluding steroid dienone is 42. The van der Waals surface area contributed by atoms with Crippen LogP contribution in [0, 0.1) is 0 Å². The molecule has 0 spiro atoms. The first-order valence-corrected chi connectivity index (χ1v) is 37.7. The molecule has 0 aliphatic rings. The molecule has 0 saturated carbocycles. The molecule has 9 nitrogen and oxygen atoms in total. The Bertz CT molecular complexity index is 2510. The lowest BCUT2D eigenvalue weighted by atomic mass is 10.1. The summed E-state index contributed by atoms with van der Waals surface area (Å²) in [5.74, 6) is -0.902. The minimum absolute atomic E-state index is 0.0315. The third-order valence-electron chi connectivity index (χ3n) is 13.9. The van der Waals surface area contributed by atoms with E-state index in [1.807, 2.05) is 0 Å². The Hall–Kier alpha value is -6.45. The molecule has 0 bridgehead atoms. The average molecular weight is 1320 g/mol. The standard InChI is InChI=1S/C85H128NO8P/c1-3-5-7-9-11-13-15-17-19-21-23-25-27-29-31-33-35-37-39-40-41-42-44-46-48-50-52-54-56-58-60-62-64-66-68-70-72-74-76-78-85(88)94-83(82-93-95(89,90)92-80-79-86)81-91-84(87)77-75-73-71-69-67-65-63-61-59-57-55-53-51-49-47-45-43-38-36-34-32-30-28-26-24-22-20-18-16-14-12-10-8-6-4-2/h5-8,11-14,17-20,23-26,29-32,35-38,40-41,44-47,50-53,56-59,62-65,83H,3-4,9-10,15-16,21-22,27-28,33-34,39,42-43,48-49,54-55,60-61,66-82,86H2,1-2H3,(H,89,90)/b7-5-,8-6-,13-11-,14-12-,19-17-,20-18-,25-23-,26-24-,31-29-,32-30-,37-35-,38-36-,41-40-,46-44-,47-45-,52-50-,53-51-,58-56-,59-57-,64-62-,65-63-. The number of rotatable bonds is 64. The number of hydrogen-bond donors (Lipinski definition) is 2. The number of hydrogen-bond acceptors (Lipinski definition) is 8. The number of ether oxygens (including phenoxy) is 2. The third kappa shape index (κ3) is 76.5. The first-order chi connectivity index (χ1) is 46.8. The molecule has 10 heteroatoms. The molecule has 3 N–H and O–H groups in total. The number of carbonyl (C=O) groups is 2. The molecule has 2 atom stereocenters. The lowest BCUT2D eigenvalue weighted by Crippen LogP contribution is -2.29. The molecule has 0 aliphatic heterocycles. The number of unbranched alkanes of at least 4 members (excludes halogenated alkanes) is 9. The van der Waals surface area contributed by atoms with Crippen molar-refractivity contribution >= 4 is 19.8 Å². The van der Waals surface area contributed by atoms with E-state index < -0.39 is 32.5 Å². The van der Waals surface area contributed by atoms with Gasteiger partial charge in [0.15, 0.2) is 6.10 Å². The van der Waals surface area contributed by atoms with Crippen molar-refractivity contribution in [1.29, 1.82) is 0 Å². The van der Waals surface area contributed by atoms with E-state index in [2.05, 4.69) is 269 Å². The van der Waals surface area contributed by atoms with Crippen molar-refractivity contribution in [2.75, 3.05) is 26.4 Å². The van der Waals surface area contributed by atoms with Gasteiger partial charge in [-0.3, -0.25) is 18.6 Å². The first kappa shape index (κ1) is 88.5. The zero-order chi connectivity index (χ0) is 68.6. The molecule has 0 aromatic carbocycles.